The predicted molar refractivity (Wildman–Crippen MR) is 63.0 cm³/mol. The summed E-state index contributed by atoms with van der Waals surface area (Å²) in [5.74, 6) is 0. The van der Waals surface area contributed by atoms with Crippen LogP contribution in [0.4, 0.5) is 0 Å². The first-order valence-corrected chi connectivity index (χ1v) is 5.54. The van der Waals surface area contributed by atoms with E-state index in [2.05, 4.69) is 31.0 Å². The number of fused-ring (bicyclic) bond motifs is 3. The van der Waals surface area contributed by atoms with Gasteiger partial charge in [0.25, 0.3) is 0 Å². The lowest BCUT2D eigenvalue weighted by Crippen LogP contribution is -2.05. The van der Waals surface area contributed by atoms with Crippen LogP contribution in [-0.2, 0) is 6.42 Å². The number of nitrogens with two attached hydrogens (primary N) is 1. The molecule has 0 spiro atoms. The zero-order valence-corrected chi connectivity index (χ0v) is 9.22. The van der Waals surface area contributed by atoms with Crippen molar-refractivity contribution in [3.8, 4) is 0 Å². The first kappa shape index (κ1) is 8.98. The van der Waals surface area contributed by atoms with Crippen LogP contribution in [0.15, 0.2) is 12.1 Å². The van der Waals surface area contributed by atoms with Crippen LogP contribution in [0.1, 0.15) is 34.8 Å². The van der Waals surface area contributed by atoms with Gasteiger partial charge in [0, 0.05) is 22.6 Å². The average Bonchev–Trinajstić information content (AvgIpc) is 2.66. The molecule has 78 valence electrons. The zero-order valence-electron chi connectivity index (χ0n) is 9.22. The Bertz CT molecular complexity index is 537. The van der Waals surface area contributed by atoms with Crippen molar-refractivity contribution in [2.45, 2.75) is 32.7 Å². The summed E-state index contributed by atoms with van der Waals surface area (Å²) < 4.78 is 0. The first-order chi connectivity index (χ1) is 7.16. The summed E-state index contributed by atoms with van der Waals surface area (Å²) in [5.41, 5.74) is 12.8. The lowest BCUT2D eigenvalue weighted by molar-refractivity contribution is 0.714. The minimum absolute atomic E-state index is 0.232. The minimum atomic E-state index is 0.232. The molecule has 0 bridgehead atoms. The predicted octanol–water partition coefficient (Wildman–Crippen LogP) is 2.73. The Morgan fingerprint density at radius 3 is 2.93 bits per heavy atom. The summed E-state index contributed by atoms with van der Waals surface area (Å²) in [5, 5.41) is 1.36. The molecule has 1 aromatic heterocycles. The van der Waals surface area contributed by atoms with Gasteiger partial charge in [-0.15, -0.1) is 0 Å². The second-order valence-corrected chi connectivity index (χ2v) is 4.67. The summed E-state index contributed by atoms with van der Waals surface area (Å²) in [6, 6.07) is 4.68. The monoisotopic (exact) mass is 200 g/mol. The summed E-state index contributed by atoms with van der Waals surface area (Å²) >= 11 is 0. The first-order valence-electron chi connectivity index (χ1n) is 5.54. The third-order valence-electron chi connectivity index (χ3n) is 3.44. The van der Waals surface area contributed by atoms with Gasteiger partial charge in [-0.25, -0.2) is 0 Å². The second-order valence-electron chi connectivity index (χ2n) is 4.67. The van der Waals surface area contributed by atoms with Crippen LogP contribution < -0.4 is 5.73 Å². The molecule has 1 aliphatic rings. The molecule has 1 atom stereocenters. The van der Waals surface area contributed by atoms with E-state index in [-0.39, 0.29) is 6.04 Å². The molecule has 0 aliphatic heterocycles. The molecular weight excluding hydrogens is 184 g/mol. The van der Waals surface area contributed by atoms with Crippen LogP contribution in [0.3, 0.4) is 0 Å². The highest BCUT2D eigenvalue weighted by atomic mass is 14.8. The summed E-state index contributed by atoms with van der Waals surface area (Å²) in [6.45, 7) is 4.31. The lowest BCUT2D eigenvalue weighted by Gasteiger charge is -2.06. The van der Waals surface area contributed by atoms with Crippen molar-refractivity contribution in [2.24, 2.45) is 5.73 Å². The molecule has 0 radical (unpaired) electrons. The quantitative estimate of drug-likeness (QED) is 0.674. The lowest BCUT2D eigenvalue weighted by atomic mass is 10.0. The normalized spacial score (nSPS) is 19.8. The number of hydrogen-bond donors (Lipinski definition) is 2. The van der Waals surface area contributed by atoms with E-state index in [4.69, 9.17) is 5.73 Å². The van der Waals surface area contributed by atoms with E-state index < -0.39 is 0 Å². The third-order valence-corrected chi connectivity index (χ3v) is 3.44. The average molecular weight is 200 g/mol. The van der Waals surface area contributed by atoms with Gasteiger partial charge in [0.1, 0.15) is 0 Å². The third kappa shape index (κ3) is 1.15. The van der Waals surface area contributed by atoms with Gasteiger partial charge in [-0.3, -0.25) is 0 Å². The van der Waals surface area contributed by atoms with Crippen molar-refractivity contribution in [2.75, 3.05) is 0 Å². The van der Waals surface area contributed by atoms with Crippen LogP contribution in [0.25, 0.3) is 10.9 Å². The van der Waals surface area contributed by atoms with Crippen LogP contribution >= 0.6 is 0 Å². The molecule has 0 fully saturated rings. The summed E-state index contributed by atoms with van der Waals surface area (Å²) in [7, 11) is 0. The van der Waals surface area contributed by atoms with Crippen LogP contribution in [0, 0.1) is 13.8 Å². The Balaban J connectivity index is 2.42. The van der Waals surface area contributed by atoms with Gasteiger partial charge in [-0.05, 0) is 49.4 Å². The fourth-order valence-corrected chi connectivity index (χ4v) is 2.86. The number of benzene rings is 1. The van der Waals surface area contributed by atoms with E-state index in [0.29, 0.717) is 0 Å². The fraction of sp³-hybridized carbons (Fsp3) is 0.385. The van der Waals surface area contributed by atoms with Gasteiger partial charge < -0.3 is 10.7 Å². The van der Waals surface area contributed by atoms with Crippen molar-refractivity contribution in [1.29, 1.82) is 0 Å². The second kappa shape index (κ2) is 2.86. The van der Waals surface area contributed by atoms with Gasteiger partial charge >= 0.3 is 0 Å². The van der Waals surface area contributed by atoms with E-state index in [1.807, 2.05) is 0 Å². The molecule has 3 rings (SSSR count). The van der Waals surface area contributed by atoms with Crippen LogP contribution in [0.5, 0.6) is 0 Å². The van der Waals surface area contributed by atoms with Crippen molar-refractivity contribution >= 4 is 10.9 Å². The summed E-state index contributed by atoms with van der Waals surface area (Å²) in [4.78, 5) is 3.51. The standard InChI is InChI=1S/C13H16N2/c1-7-5-8(2)12-11(6-7)15-10-4-3-9(14)13(10)12/h5-6,9,15H,3-4,14H2,1-2H3. The van der Waals surface area contributed by atoms with E-state index in [1.54, 1.807) is 0 Å². The maximum Gasteiger partial charge on any atom is 0.0464 e. The molecule has 0 saturated carbocycles. The van der Waals surface area contributed by atoms with E-state index in [0.717, 1.165) is 12.8 Å². The Hall–Kier alpha value is -1.28. The highest BCUT2D eigenvalue weighted by Gasteiger charge is 2.24. The zero-order chi connectivity index (χ0) is 10.6. The van der Waals surface area contributed by atoms with Gasteiger partial charge in [-0.1, -0.05) is 6.07 Å². The van der Waals surface area contributed by atoms with Crippen LogP contribution in [0.2, 0.25) is 0 Å². The van der Waals surface area contributed by atoms with Gasteiger partial charge in [0.05, 0.1) is 0 Å². The topological polar surface area (TPSA) is 41.8 Å². The largest absolute Gasteiger partial charge is 0.358 e. The molecule has 3 N–H and O–H groups in total. The molecule has 15 heavy (non-hydrogen) atoms. The van der Waals surface area contributed by atoms with Crippen molar-refractivity contribution in [1.82, 2.24) is 4.98 Å². The van der Waals surface area contributed by atoms with Gasteiger partial charge in [0.15, 0.2) is 0 Å². The Kier molecular flexibility index (Phi) is 1.71. The van der Waals surface area contributed by atoms with Crippen molar-refractivity contribution in [3.63, 3.8) is 0 Å². The maximum atomic E-state index is 6.14. The molecular formula is C13H16N2. The Labute approximate surface area is 89.5 Å². The number of rotatable bonds is 0. The molecule has 0 saturated heterocycles. The highest BCUT2D eigenvalue weighted by Crippen LogP contribution is 2.37. The molecule has 1 heterocycles. The van der Waals surface area contributed by atoms with Gasteiger partial charge in [0.2, 0.25) is 0 Å². The number of hydrogen-bond acceptors (Lipinski definition) is 1. The Morgan fingerprint density at radius 2 is 2.13 bits per heavy atom. The molecule has 2 heteroatoms. The number of aromatic amines is 1. The Morgan fingerprint density at radius 1 is 1.33 bits per heavy atom. The molecule has 1 unspecified atom stereocenters. The molecule has 0 amide bonds. The minimum Gasteiger partial charge on any atom is -0.358 e. The van der Waals surface area contributed by atoms with Crippen LogP contribution in [-0.4, -0.2) is 4.98 Å². The van der Waals surface area contributed by atoms with E-state index in [1.165, 1.54) is 33.3 Å². The SMILES string of the molecule is Cc1cc(C)c2c3c([nH]c2c1)CCC3N. The fourth-order valence-electron chi connectivity index (χ4n) is 2.86. The van der Waals surface area contributed by atoms with Crippen molar-refractivity contribution < 1.29 is 0 Å². The summed E-state index contributed by atoms with van der Waals surface area (Å²) in [6.07, 6.45) is 2.19. The van der Waals surface area contributed by atoms with E-state index >= 15 is 0 Å². The molecule has 2 nitrogen and oxygen atoms in total. The maximum absolute atomic E-state index is 6.14. The van der Waals surface area contributed by atoms with E-state index in [9.17, 15) is 0 Å². The molecule has 1 aliphatic carbocycles. The number of aryl methyl sites for hydroxylation is 3. The smallest absolute Gasteiger partial charge is 0.0464 e. The van der Waals surface area contributed by atoms with Gasteiger partial charge in [-0.2, -0.15) is 0 Å². The van der Waals surface area contributed by atoms with Crippen molar-refractivity contribution in [3.05, 3.63) is 34.5 Å². The molecule has 1 aromatic carbocycles. The molecule has 2 aromatic rings. The number of H-pyrrole nitrogens is 1. The highest BCUT2D eigenvalue weighted by molar-refractivity contribution is 5.89. The number of aromatic nitrogens is 1. The number of nitrogens with one attached hydrogen (secondary N) is 1.